The van der Waals surface area contributed by atoms with Crippen molar-refractivity contribution in [1.82, 2.24) is 9.88 Å². The van der Waals surface area contributed by atoms with E-state index in [-0.39, 0.29) is 17.9 Å². The largest absolute Gasteiger partial charge is 0.329 e. The van der Waals surface area contributed by atoms with Crippen molar-refractivity contribution in [3.8, 4) is 0 Å². The highest BCUT2D eigenvalue weighted by Gasteiger charge is 2.56. The first-order valence-electron chi connectivity index (χ1n) is 10.6. The predicted molar refractivity (Wildman–Crippen MR) is 114 cm³/mol. The van der Waals surface area contributed by atoms with Crippen LogP contribution in [-0.2, 0) is 4.79 Å². The fourth-order valence-corrected chi connectivity index (χ4v) is 5.17. The molecule has 0 saturated heterocycles. The molecule has 0 radical (unpaired) electrons. The molecule has 2 aromatic rings. The maximum Gasteiger partial charge on any atom is 0.254 e. The van der Waals surface area contributed by atoms with E-state index in [1.807, 2.05) is 48.2 Å². The van der Waals surface area contributed by atoms with E-state index < -0.39 is 11.5 Å². The number of anilines is 1. The number of fused-ring (bicyclic) bond motifs is 1. The van der Waals surface area contributed by atoms with Gasteiger partial charge in [0.1, 0.15) is 5.82 Å². The number of aromatic nitrogens is 1. The Balaban J connectivity index is 1.82. The van der Waals surface area contributed by atoms with Gasteiger partial charge in [-0.15, -0.1) is 0 Å². The minimum absolute atomic E-state index is 0.0642. The second kappa shape index (κ2) is 7.62. The molecular weight excluding hydrogens is 362 g/mol. The van der Waals surface area contributed by atoms with Gasteiger partial charge in [-0.2, -0.15) is 0 Å². The first-order chi connectivity index (χ1) is 14.0. The molecule has 2 amide bonds. The van der Waals surface area contributed by atoms with Gasteiger partial charge in [0.2, 0.25) is 5.91 Å². The SMILES string of the molecule is CC[C@@H](C)N1C(=O)c2ccccc2[C@@H](C(=O)Nc2ccc(C)cn2)C12CCCC2. The third-order valence-corrected chi connectivity index (χ3v) is 6.66. The summed E-state index contributed by atoms with van der Waals surface area (Å²) in [5, 5.41) is 3.04. The number of carbonyl (C=O) groups excluding carboxylic acids is 2. The van der Waals surface area contributed by atoms with E-state index >= 15 is 0 Å². The van der Waals surface area contributed by atoms with Crippen molar-refractivity contribution in [3.05, 3.63) is 59.3 Å². The lowest BCUT2D eigenvalue weighted by Gasteiger charge is -2.52. The average molecular weight is 392 g/mol. The monoisotopic (exact) mass is 391 g/mol. The first-order valence-corrected chi connectivity index (χ1v) is 10.6. The van der Waals surface area contributed by atoms with Crippen LogP contribution in [0.2, 0.25) is 0 Å². The van der Waals surface area contributed by atoms with Crippen LogP contribution in [0.25, 0.3) is 0 Å². The van der Waals surface area contributed by atoms with Gasteiger partial charge in [0.25, 0.3) is 5.91 Å². The molecule has 1 aromatic carbocycles. The van der Waals surface area contributed by atoms with Crippen molar-refractivity contribution >= 4 is 17.6 Å². The predicted octanol–water partition coefficient (Wildman–Crippen LogP) is 4.68. The molecule has 2 aliphatic rings. The Bertz CT molecular complexity index is 916. The molecule has 152 valence electrons. The molecule has 0 bridgehead atoms. The molecule has 1 aliphatic carbocycles. The normalized spacial score (nSPS) is 21.1. The molecule has 1 fully saturated rings. The maximum absolute atomic E-state index is 13.7. The van der Waals surface area contributed by atoms with Crippen LogP contribution in [-0.4, -0.2) is 33.3 Å². The van der Waals surface area contributed by atoms with Crippen LogP contribution in [0.15, 0.2) is 42.6 Å². The van der Waals surface area contributed by atoms with Crippen LogP contribution in [0.1, 0.15) is 73.4 Å². The number of nitrogens with zero attached hydrogens (tertiary/aromatic N) is 2. The Morgan fingerprint density at radius 2 is 1.97 bits per heavy atom. The lowest BCUT2D eigenvalue weighted by molar-refractivity contribution is -0.121. The summed E-state index contributed by atoms with van der Waals surface area (Å²) in [7, 11) is 0. The zero-order valence-electron chi connectivity index (χ0n) is 17.4. The number of aryl methyl sites for hydroxylation is 1. The van der Waals surface area contributed by atoms with E-state index in [9.17, 15) is 9.59 Å². The molecule has 1 saturated carbocycles. The number of nitrogens with one attached hydrogen (secondary N) is 1. The molecule has 1 spiro atoms. The van der Waals surface area contributed by atoms with Crippen LogP contribution in [0.5, 0.6) is 0 Å². The van der Waals surface area contributed by atoms with Gasteiger partial charge in [-0.3, -0.25) is 9.59 Å². The Morgan fingerprint density at radius 1 is 1.24 bits per heavy atom. The van der Waals surface area contributed by atoms with Crippen molar-refractivity contribution in [2.45, 2.75) is 70.4 Å². The van der Waals surface area contributed by atoms with Crippen LogP contribution in [0.3, 0.4) is 0 Å². The minimum atomic E-state index is -0.463. The lowest BCUT2D eigenvalue weighted by Crippen LogP contribution is -2.62. The Kier molecular flexibility index (Phi) is 5.15. The highest BCUT2D eigenvalue weighted by molar-refractivity contribution is 6.05. The molecule has 1 aliphatic heterocycles. The van der Waals surface area contributed by atoms with Gasteiger partial charge in [0.05, 0.1) is 11.5 Å². The molecule has 0 unspecified atom stereocenters. The van der Waals surface area contributed by atoms with Gasteiger partial charge in [-0.1, -0.05) is 44.0 Å². The second-order valence-electron chi connectivity index (χ2n) is 8.47. The number of benzene rings is 1. The fourth-order valence-electron chi connectivity index (χ4n) is 5.17. The minimum Gasteiger partial charge on any atom is -0.329 e. The second-order valence-corrected chi connectivity index (χ2v) is 8.47. The smallest absolute Gasteiger partial charge is 0.254 e. The van der Waals surface area contributed by atoms with Gasteiger partial charge >= 0.3 is 0 Å². The molecule has 29 heavy (non-hydrogen) atoms. The van der Waals surface area contributed by atoms with E-state index in [1.54, 1.807) is 6.20 Å². The molecule has 5 heteroatoms. The standard InChI is InChI=1S/C24H29N3O2/c1-4-17(3)27-23(29)19-10-6-5-9-18(19)21(24(27)13-7-8-14-24)22(28)26-20-12-11-16(2)15-25-20/h5-6,9-12,15,17,21H,4,7-8,13-14H2,1-3H3,(H,25,26,28)/t17-,21+/m1/s1. The highest BCUT2D eigenvalue weighted by Crippen LogP contribution is 2.51. The van der Waals surface area contributed by atoms with Gasteiger partial charge < -0.3 is 10.2 Å². The summed E-state index contributed by atoms with van der Waals surface area (Å²) < 4.78 is 0. The van der Waals surface area contributed by atoms with E-state index in [0.717, 1.165) is 43.2 Å². The van der Waals surface area contributed by atoms with Gasteiger partial charge in [0.15, 0.2) is 0 Å². The van der Waals surface area contributed by atoms with E-state index in [2.05, 4.69) is 24.1 Å². The summed E-state index contributed by atoms with van der Waals surface area (Å²) >= 11 is 0. The molecule has 2 heterocycles. The summed E-state index contributed by atoms with van der Waals surface area (Å²) in [6.07, 6.45) is 6.41. The van der Waals surface area contributed by atoms with Crippen LogP contribution >= 0.6 is 0 Å². The Hall–Kier alpha value is -2.69. The Labute approximate surface area is 172 Å². The van der Waals surface area contributed by atoms with Crippen molar-refractivity contribution in [3.63, 3.8) is 0 Å². The molecule has 5 nitrogen and oxygen atoms in total. The number of hydrogen-bond donors (Lipinski definition) is 1. The number of pyridine rings is 1. The average Bonchev–Trinajstić information content (AvgIpc) is 3.19. The van der Waals surface area contributed by atoms with E-state index in [0.29, 0.717) is 11.4 Å². The quantitative estimate of drug-likeness (QED) is 0.823. The van der Waals surface area contributed by atoms with Crippen molar-refractivity contribution < 1.29 is 9.59 Å². The summed E-state index contributed by atoms with van der Waals surface area (Å²) in [6.45, 7) is 6.17. The van der Waals surface area contributed by atoms with Crippen LogP contribution in [0.4, 0.5) is 5.82 Å². The maximum atomic E-state index is 13.7. The van der Waals surface area contributed by atoms with Gasteiger partial charge in [-0.05, 0) is 56.4 Å². The summed E-state index contributed by atoms with van der Waals surface area (Å²) in [5.74, 6) is 0.153. The fraction of sp³-hybridized carbons (Fsp3) is 0.458. The molecule has 2 atom stereocenters. The summed E-state index contributed by atoms with van der Waals surface area (Å²) in [5.41, 5.74) is 2.09. The number of carbonyl (C=O) groups is 2. The Morgan fingerprint density at radius 3 is 2.62 bits per heavy atom. The van der Waals surface area contributed by atoms with Gasteiger partial charge in [0, 0.05) is 17.8 Å². The van der Waals surface area contributed by atoms with Crippen LogP contribution < -0.4 is 5.32 Å². The topological polar surface area (TPSA) is 62.3 Å². The molecule has 1 N–H and O–H groups in total. The van der Waals surface area contributed by atoms with Gasteiger partial charge in [-0.25, -0.2) is 4.98 Å². The third kappa shape index (κ3) is 3.22. The highest BCUT2D eigenvalue weighted by atomic mass is 16.2. The van der Waals surface area contributed by atoms with Crippen LogP contribution in [0, 0.1) is 6.92 Å². The summed E-state index contributed by atoms with van der Waals surface area (Å²) in [6, 6.07) is 11.5. The first kappa shape index (κ1) is 19.6. The third-order valence-electron chi connectivity index (χ3n) is 6.66. The number of hydrogen-bond acceptors (Lipinski definition) is 3. The lowest BCUT2D eigenvalue weighted by atomic mass is 9.70. The molecule has 1 aromatic heterocycles. The molecular formula is C24H29N3O2. The number of rotatable bonds is 4. The van der Waals surface area contributed by atoms with E-state index in [1.165, 1.54) is 0 Å². The molecule has 4 rings (SSSR count). The van der Waals surface area contributed by atoms with Crippen molar-refractivity contribution in [2.75, 3.05) is 5.32 Å². The van der Waals surface area contributed by atoms with Crippen molar-refractivity contribution in [1.29, 1.82) is 0 Å². The van der Waals surface area contributed by atoms with Crippen molar-refractivity contribution in [2.24, 2.45) is 0 Å². The zero-order chi connectivity index (χ0) is 20.6. The van der Waals surface area contributed by atoms with E-state index in [4.69, 9.17) is 0 Å². The summed E-state index contributed by atoms with van der Waals surface area (Å²) in [4.78, 5) is 33.6. The number of amides is 2. The zero-order valence-corrected chi connectivity index (χ0v) is 17.4.